The van der Waals surface area contributed by atoms with Crippen LogP contribution in [0.4, 0.5) is 30.7 Å². The van der Waals surface area contributed by atoms with Crippen molar-refractivity contribution >= 4 is 5.83 Å². The highest BCUT2D eigenvalue weighted by atomic mass is 19.3. The molecule has 3 aromatic carbocycles. The zero-order valence-corrected chi connectivity index (χ0v) is 17.4. The molecular weight excluding hydrogens is 449 g/mol. The minimum Gasteiger partial charge on any atom is -0.429 e. The number of hydrogen-bond acceptors (Lipinski definition) is 1. The summed E-state index contributed by atoms with van der Waals surface area (Å²) in [6, 6.07) is 9.48. The van der Waals surface area contributed by atoms with E-state index in [0.29, 0.717) is 25.0 Å². The summed E-state index contributed by atoms with van der Waals surface area (Å²) >= 11 is 0. The van der Waals surface area contributed by atoms with Gasteiger partial charge in [0.1, 0.15) is 24.1 Å². The molecule has 0 aliphatic heterocycles. The van der Waals surface area contributed by atoms with Crippen molar-refractivity contribution in [3.05, 3.63) is 94.8 Å². The van der Waals surface area contributed by atoms with Gasteiger partial charge < -0.3 is 4.74 Å². The molecule has 0 aliphatic carbocycles. The van der Waals surface area contributed by atoms with Crippen LogP contribution < -0.4 is 4.74 Å². The second-order valence-electron chi connectivity index (χ2n) is 7.19. The molecule has 0 saturated carbocycles. The molecule has 0 aromatic heterocycles. The predicted molar refractivity (Wildman–Crippen MR) is 112 cm³/mol. The molecule has 0 bridgehead atoms. The van der Waals surface area contributed by atoms with Crippen molar-refractivity contribution in [3.63, 3.8) is 0 Å². The van der Waals surface area contributed by atoms with Crippen LogP contribution in [0.1, 0.15) is 30.0 Å². The van der Waals surface area contributed by atoms with Crippen molar-refractivity contribution in [2.45, 2.75) is 25.9 Å². The first kappa shape index (κ1) is 24.4. The lowest BCUT2D eigenvalue weighted by Crippen LogP contribution is -2.21. The number of ether oxygens (including phenoxy) is 1. The van der Waals surface area contributed by atoms with Gasteiger partial charge in [0.25, 0.3) is 0 Å². The highest BCUT2D eigenvalue weighted by Crippen LogP contribution is 2.35. The molecule has 33 heavy (non-hydrogen) atoms. The summed E-state index contributed by atoms with van der Waals surface area (Å²) in [5.41, 5.74) is -0.882. The van der Waals surface area contributed by atoms with Crippen LogP contribution >= 0.6 is 0 Å². The van der Waals surface area contributed by atoms with Gasteiger partial charge in [-0.05, 0) is 47.9 Å². The maximum atomic E-state index is 14.6. The molecule has 0 fully saturated rings. The van der Waals surface area contributed by atoms with E-state index in [1.165, 1.54) is 24.3 Å². The van der Waals surface area contributed by atoms with Crippen LogP contribution in [0.5, 0.6) is 5.75 Å². The van der Waals surface area contributed by atoms with E-state index in [1.807, 2.05) is 6.92 Å². The average molecular weight is 468 g/mol. The molecule has 0 saturated heterocycles. The van der Waals surface area contributed by atoms with Crippen molar-refractivity contribution in [2.24, 2.45) is 0 Å². The summed E-state index contributed by atoms with van der Waals surface area (Å²) in [7, 11) is 0. The van der Waals surface area contributed by atoms with Crippen LogP contribution in [0, 0.1) is 17.5 Å². The zero-order chi connectivity index (χ0) is 24.2. The molecule has 0 heterocycles. The van der Waals surface area contributed by atoms with Crippen LogP contribution in [-0.2, 0) is 12.5 Å². The third kappa shape index (κ3) is 5.38. The summed E-state index contributed by atoms with van der Waals surface area (Å²) in [5, 5.41) is 0. The Labute approximate surface area is 186 Å². The highest BCUT2D eigenvalue weighted by Gasteiger charge is 2.35. The van der Waals surface area contributed by atoms with Gasteiger partial charge in [0.05, 0.1) is 5.56 Å². The molecule has 3 rings (SSSR count). The van der Waals surface area contributed by atoms with Crippen LogP contribution in [0.25, 0.3) is 17.0 Å². The van der Waals surface area contributed by atoms with Gasteiger partial charge in [0.15, 0.2) is 11.6 Å². The molecule has 0 spiro atoms. The first-order chi connectivity index (χ1) is 15.7. The molecule has 0 N–H and O–H groups in total. The largest absolute Gasteiger partial charge is 0.429 e. The normalized spacial score (nSPS) is 12.2. The number of aryl methyl sites for hydroxylation is 1. The fourth-order valence-electron chi connectivity index (χ4n) is 3.26. The van der Waals surface area contributed by atoms with Crippen LogP contribution in [0.15, 0.2) is 60.7 Å². The van der Waals surface area contributed by atoms with Gasteiger partial charge in [0.2, 0.25) is 0 Å². The molecule has 174 valence electrons. The maximum absolute atomic E-state index is 14.6. The second-order valence-corrected chi connectivity index (χ2v) is 7.19. The Kier molecular flexibility index (Phi) is 7.46. The second kappa shape index (κ2) is 10.1. The van der Waals surface area contributed by atoms with Crippen molar-refractivity contribution in [2.75, 3.05) is 6.67 Å². The van der Waals surface area contributed by atoms with Crippen molar-refractivity contribution in [1.29, 1.82) is 0 Å². The average Bonchev–Trinajstić information content (AvgIpc) is 2.77. The Balaban J connectivity index is 1.82. The smallest absolute Gasteiger partial charge is 0.426 e. The predicted octanol–water partition coefficient (Wildman–Crippen LogP) is 8.13. The van der Waals surface area contributed by atoms with Crippen molar-refractivity contribution in [3.8, 4) is 16.9 Å². The van der Waals surface area contributed by atoms with E-state index in [-0.39, 0.29) is 16.7 Å². The Morgan fingerprint density at radius 1 is 0.939 bits per heavy atom. The van der Waals surface area contributed by atoms with Gasteiger partial charge in [-0.3, -0.25) is 0 Å². The molecule has 0 radical (unpaired) electrons. The fourth-order valence-corrected chi connectivity index (χ4v) is 3.26. The fraction of sp³-hybridized carbons (Fsp3) is 0.200. The lowest BCUT2D eigenvalue weighted by atomic mass is 9.99. The van der Waals surface area contributed by atoms with Gasteiger partial charge in [-0.1, -0.05) is 37.6 Å². The molecule has 0 unspecified atom stereocenters. The summed E-state index contributed by atoms with van der Waals surface area (Å²) < 4.78 is 102. The summed E-state index contributed by atoms with van der Waals surface area (Å²) in [4.78, 5) is 0. The topological polar surface area (TPSA) is 9.23 Å². The number of benzene rings is 3. The van der Waals surface area contributed by atoms with E-state index < -0.39 is 52.9 Å². The van der Waals surface area contributed by atoms with Crippen molar-refractivity contribution < 1.29 is 35.5 Å². The van der Waals surface area contributed by atoms with Gasteiger partial charge in [0, 0.05) is 17.2 Å². The minimum atomic E-state index is -3.91. The molecule has 0 amide bonds. The minimum absolute atomic E-state index is 0.0795. The van der Waals surface area contributed by atoms with E-state index >= 15 is 0 Å². The van der Waals surface area contributed by atoms with E-state index in [4.69, 9.17) is 0 Å². The Morgan fingerprint density at radius 2 is 1.64 bits per heavy atom. The van der Waals surface area contributed by atoms with Gasteiger partial charge in [-0.15, -0.1) is 0 Å². The number of rotatable bonds is 8. The quantitative estimate of drug-likeness (QED) is 0.303. The summed E-state index contributed by atoms with van der Waals surface area (Å²) in [5.74, 6) is -5.00. The lowest BCUT2D eigenvalue weighted by Gasteiger charge is -2.19. The molecular formula is C25H19F7O. The molecule has 3 aromatic rings. The maximum Gasteiger partial charge on any atom is 0.426 e. The lowest BCUT2D eigenvalue weighted by molar-refractivity contribution is -0.185. The standard InChI is InChI=1S/C25H19F7O/c1-2-3-16-6-10-19(24(30)23(16)29)15-4-7-17(8-5-15)25(31,32)33-18-9-11-20(22(28)14-18)21(27)12-13-26/h4-12,14H,2-3,13H2,1H3/b21-12-. The molecule has 1 nitrogen and oxygen atoms in total. The molecule has 8 heteroatoms. The third-order valence-corrected chi connectivity index (χ3v) is 4.91. The first-order valence-corrected chi connectivity index (χ1v) is 10.0. The van der Waals surface area contributed by atoms with E-state index in [9.17, 15) is 30.7 Å². The summed E-state index contributed by atoms with van der Waals surface area (Å²) in [6.45, 7) is 0.675. The number of halogens is 7. The van der Waals surface area contributed by atoms with E-state index in [2.05, 4.69) is 4.74 Å². The monoisotopic (exact) mass is 468 g/mol. The molecule has 0 aliphatic rings. The molecule has 0 atom stereocenters. The Morgan fingerprint density at radius 3 is 2.24 bits per heavy atom. The van der Waals surface area contributed by atoms with Crippen LogP contribution in [0.2, 0.25) is 0 Å². The van der Waals surface area contributed by atoms with Gasteiger partial charge >= 0.3 is 6.11 Å². The van der Waals surface area contributed by atoms with Gasteiger partial charge in [-0.25, -0.2) is 22.0 Å². The summed E-state index contributed by atoms with van der Waals surface area (Å²) in [6.07, 6.45) is -2.41. The third-order valence-electron chi connectivity index (χ3n) is 4.91. The SMILES string of the molecule is CCCc1ccc(-c2ccc(C(F)(F)Oc3ccc(/C(F)=C/CF)c(F)c3)cc2)c(F)c1F. The number of hydrogen-bond donors (Lipinski definition) is 0. The first-order valence-electron chi connectivity index (χ1n) is 10.0. The van der Waals surface area contributed by atoms with E-state index in [0.717, 1.165) is 24.3 Å². The van der Waals surface area contributed by atoms with E-state index in [1.54, 1.807) is 0 Å². The number of allylic oxidation sites excluding steroid dienone is 1. The Bertz CT molecular complexity index is 1150. The van der Waals surface area contributed by atoms with Crippen molar-refractivity contribution in [1.82, 2.24) is 0 Å². The number of alkyl halides is 3. The zero-order valence-electron chi connectivity index (χ0n) is 17.4. The van der Waals surface area contributed by atoms with Crippen LogP contribution in [-0.4, -0.2) is 6.67 Å². The Hall–Kier alpha value is -3.29. The van der Waals surface area contributed by atoms with Gasteiger partial charge in [-0.2, -0.15) is 8.78 Å². The highest BCUT2D eigenvalue weighted by molar-refractivity contribution is 5.65. The van der Waals surface area contributed by atoms with Crippen LogP contribution in [0.3, 0.4) is 0 Å².